The van der Waals surface area contributed by atoms with Crippen molar-refractivity contribution in [3.05, 3.63) is 35.4 Å². The molecule has 19 heavy (non-hydrogen) atoms. The molecule has 1 atom stereocenters. The quantitative estimate of drug-likeness (QED) is 0.688. The second kappa shape index (κ2) is 7.66. The third-order valence-electron chi connectivity index (χ3n) is 4.00. The van der Waals surface area contributed by atoms with Crippen molar-refractivity contribution < 1.29 is 4.74 Å². The van der Waals surface area contributed by atoms with Crippen molar-refractivity contribution in [2.24, 2.45) is 5.92 Å². The van der Waals surface area contributed by atoms with Crippen LogP contribution in [0.25, 0.3) is 0 Å². The summed E-state index contributed by atoms with van der Waals surface area (Å²) in [7, 11) is 1.79. The molecule has 2 nitrogen and oxygen atoms in total. The van der Waals surface area contributed by atoms with Crippen LogP contribution in [0.2, 0.25) is 0 Å². The van der Waals surface area contributed by atoms with Gasteiger partial charge in [0.15, 0.2) is 0 Å². The topological polar surface area (TPSA) is 21.3 Å². The van der Waals surface area contributed by atoms with Gasteiger partial charge in [-0.1, -0.05) is 24.3 Å². The highest BCUT2D eigenvalue weighted by Gasteiger charge is 2.22. The van der Waals surface area contributed by atoms with Gasteiger partial charge in [-0.05, 0) is 62.6 Å². The fourth-order valence-electron chi connectivity index (χ4n) is 2.56. The lowest BCUT2D eigenvalue weighted by Gasteiger charge is -2.18. The van der Waals surface area contributed by atoms with Crippen molar-refractivity contribution in [3.63, 3.8) is 0 Å². The Bertz CT molecular complexity index is 373. The van der Waals surface area contributed by atoms with Gasteiger partial charge in [0.2, 0.25) is 0 Å². The average Bonchev–Trinajstić information content (AvgIpc) is 3.22. The van der Waals surface area contributed by atoms with E-state index in [1.165, 1.54) is 43.2 Å². The van der Waals surface area contributed by atoms with E-state index in [-0.39, 0.29) is 0 Å². The minimum Gasteiger partial charge on any atom is -0.385 e. The maximum atomic E-state index is 5.18. The van der Waals surface area contributed by atoms with E-state index in [1.54, 1.807) is 7.11 Å². The van der Waals surface area contributed by atoms with Gasteiger partial charge in [0.05, 0.1) is 0 Å². The molecule has 0 amide bonds. The lowest BCUT2D eigenvalue weighted by atomic mass is 9.92. The molecular weight excluding hydrogens is 234 g/mol. The molecule has 0 aliphatic heterocycles. The van der Waals surface area contributed by atoms with Gasteiger partial charge in [0.25, 0.3) is 0 Å². The largest absolute Gasteiger partial charge is 0.385 e. The molecule has 0 spiro atoms. The summed E-state index contributed by atoms with van der Waals surface area (Å²) in [6.45, 7) is 4.26. The third kappa shape index (κ3) is 5.33. The molecule has 0 bridgehead atoms. The Hall–Kier alpha value is -0.860. The molecule has 1 aromatic carbocycles. The van der Waals surface area contributed by atoms with Crippen LogP contribution in [0.3, 0.4) is 0 Å². The van der Waals surface area contributed by atoms with E-state index in [9.17, 15) is 0 Å². The number of hydrogen-bond acceptors (Lipinski definition) is 2. The molecule has 2 rings (SSSR count). The molecular formula is C17H27NO. The van der Waals surface area contributed by atoms with Crippen LogP contribution < -0.4 is 5.32 Å². The van der Waals surface area contributed by atoms with Crippen molar-refractivity contribution in [3.8, 4) is 0 Å². The fraction of sp³-hybridized carbons (Fsp3) is 0.647. The maximum absolute atomic E-state index is 5.18. The van der Waals surface area contributed by atoms with Crippen molar-refractivity contribution in [2.45, 2.75) is 45.1 Å². The lowest BCUT2D eigenvalue weighted by molar-refractivity contribution is 0.186. The summed E-state index contributed by atoms with van der Waals surface area (Å²) in [5.41, 5.74) is 2.92. The van der Waals surface area contributed by atoms with Crippen LogP contribution in [0, 0.1) is 12.8 Å². The molecule has 0 aromatic heterocycles. The van der Waals surface area contributed by atoms with E-state index in [2.05, 4.69) is 36.5 Å². The summed E-state index contributed by atoms with van der Waals surface area (Å²) in [6.07, 6.45) is 6.35. The molecule has 1 aliphatic rings. The smallest absolute Gasteiger partial charge is 0.0462 e. The number of hydrogen-bond donors (Lipinski definition) is 1. The second-order valence-corrected chi connectivity index (χ2v) is 5.81. The number of nitrogens with one attached hydrogen (secondary N) is 1. The number of methoxy groups -OCH3 is 1. The van der Waals surface area contributed by atoms with Crippen LogP contribution in [-0.2, 0) is 11.2 Å². The Morgan fingerprint density at radius 2 is 2.11 bits per heavy atom. The molecule has 1 saturated carbocycles. The molecule has 0 heterocycles. The van der Waals surface area contributed by atoms with Gasteiger partial charge in [-0.25, -0.2) is 0 Å². The number of rotatable bonds is 9. The van der Waals surface area contributed by atoms with E-state index in [0.717, 1.165) is 25.1 Å². The standard InChI is InChI=1S/C17H27NO/c1-14-6-3-4-8-16(14)12-15(7-5-11-19-2)13-18-17-9-10-17/h3-4,6,8,15,17-18H,5,7,9-13H2,1-2H3. The van der Waals surface area contributed by atoms with Crippen LogP contribution >= 0.6 is 0 Å². The Labute approximate surface area is 117 Å². The summed E-state index contributed by atoms with van der Waals surface area (Å²) in [6, 6.07) is 9.58. The second-order valence-electron chi connectivity index (χ2n) is 5.81. The summed E-state index contributed by atoms with van der Waals surface area (Å²) in [4.78, 5) is 0. The average molecular weight is 261 g/mol. The molecule has 0 radical (unpaired) electrons. The highest BCUT2D eigenvalue weighted by Crippen LogP contribution is 2.21. The van der Waals surface area contributed by atoms with Crippen LogP contribution in [-0.4, -0.2) is 26.3 Å². The van der Waals surface area contributed by atoms with Crippen LogP contribution in [0.1, 0.15) is 36.8 Å². The molecule has 1 N–H and O–H groups in total. The highest BCUT2D eigenvalue weighted by molar-refractivity contribution is 5.25. The maximum Gasteiger partial charge on any atom is 0.0462 e. The number of ether oxygens (including phenoxy) is 1. The predicted octanol–water partition coefficient (Wildman–Crippen LogP) is 3.33. The van der Waals surface area contributed by atoms with E-state index in [0.29, 0.717) is 0 Å². The first-order valence-electron chi connectivity index (χ1n) is 7.56. The molecule has 0 saturated heterocycles. The number of aryl methyl sites for hydroxylation is 1. The molecule has 1 aromatic rings. The van der Waals surface area contributed by atoms with E-state index in [4.69, 9.17) is 4.74 Å². The minimum atomic E-state index is 0.733. The summed E-state index contributed by atoms with van der Waals surface area (Å²) >= 11 is 0. The Kier molecular flexibility index (Phi) is 5.87. The predicted molar refractivity (Wildman–Crippen MR) is 80.5 cm³/mol. The SMILES string of the molecule is COCCCC(CNC1CC1)Cc1ccccc1C. The molecule has 1 fully saturated rings. The van der Waals surface area contributed by atoms with Crippen LogP contribution in [0.15, 0.2) is 24.3 Å². The van der Waals surface area contributed by atoms with Crippen LogP contribution in [0.4, 0.5) is 0 Å². The van der Waals surface area contributed by atoms with Gasteiger partial charge in [-0.2, -0.15) is 0 Å². The van der Waals surface area contributed by atoms with Crippen molar-refractivity contribution >= 4 is 0 Å². The van der Waals surface area contributed by atoms with E-state index >= 15 is 0 Å². The van der Waals surface area contributed by atoms with E-state index < -0.39 is 0 Å². The van der Waals surface area contributed by atoms with Crippen molar-refractivity contribution in [2.75, 3.05) is 20.3 Å². The zero-order valence-electron chi connectivity index (χ0n) is 12.3. The number of benzene rings is 1. The molecule has 2 heteroatoms. The summed E-state index contributed by atoms with van der Waals surface area (Å²) < 4.78 is 5.18. The zero-order valence-corrected chi connectivity index (χ0v) is 12.3. The van der Waals surface area contributed by atoms with Crippen molar-refractivity contribution in [1.29, 1.82) is 0 Å². The minimum absolute atomic E-state index is 0.733. The van der Waals surface area contributed by atoms with Crippen LogP contribution in [0.5, 0.6) is 0 Å². The van der Waals surface area contributed by atoms with E-state index in [1.807, 2.05) is 0 Å². The van der Waals surface area contributed by atoms with Gasteiger partial charge in [-0.3, -0.25) is 0 Å². The fourth-order valence-corrected chi connectivity index (χ4v) is 2.56. The third-order valence-corrected chi connectivity index (χ3v) is 4.00. The van der Waals surface area contributed by atoms with Gasteiger partial charge < -0.3 is 10.1 Å². The zero-order chi connectivity index (χ0) is 13.5. The molecule has 106 valence electrons. The van der Waals surface area contributed by atoms with Gasteiger partial charge in [0, 0.05) is 19.8 Å². The Balaban J connectivity index is 1.85. The molecule has 1 unspecified atom stereocenters. The monoisotopic (exact) mass is 261 g/mol. The van der Waals surface area contributed by atoms with Gasteiger partial charge in [-0.15, -0.1) is 0 Å². The first kappa shape index (κ1) is 14.5. The summed E-state index contributed by atoms with van der Waals surface area (Å²) in [5.74, 6) is 0.733. The first-order chi connectivity index (χ1) is 9.29. The normalized spacial score (nSPS) is 16.5. The Morgan fingerprint density at radius 1 is 1.32 bits per heavy atom. The van der Waals surface area contributed by atoms with Gasteiger partial charge >= 0.3 is 0 Å². The lowest BCUT2D eigenvalue weighted by Crippen LogP contribution is -2.26. The highest BCUT2D eigenvalue weighted by atomic mass is 16.5. The van der Waals surface area contributed by atoms with Gasteiger partial charge in [0.1, 0.15) is 0 Å². The molecule has 1 aliphatic carbocycles. The Morgan fingerprint density at radius 3 is 2.79 bits per heavy atom. The first-order valence-corrected chi connectivity index (χ1v) is 7.56. The summed E-state index contributed by atoms with van der Waals surface area (Å²) in [5, 5.41) is 3.68. The van der Waals surface area contributed by atoms with Crippen molar-refractivity contribution in [1.82, 2.24) is 5.32 Å².